The van der Waals surface area contributed by atoms with Gasteiger partial charge in [0, 0.05) is 25.7 Å². The lowest BCUT2D eigenvalue weighted by Gasteiger charge is -2.21. The predicted molar refractivity (Wildman–Crippen MR) is 427 cm³/mol. The molecule has 0 radical (unpaired) electrons. The molecule has 0 aliphatic carbocycles. The summed E-state index contributed by atoms with van der Waals surface area (Å²) in [5, 5.41) is 10.6. The molecule has 0 aliphatic heterocycles. The van der Waals surface area contributed by atoms with Gasteiger partial charge in [-0.25, -0.2) is 9.13 Å². The van der Waals surface area contributed by atoms with Crippen molar-refractivity contribution in [2.24, 2.45) is 0 Å². The van der Waals surface area contributed by atoms with Crippen LogP contribution in [-0.2, 0) is 65.4 Å². The number of hydrogen-bond donors (Lipinski definition) is 3. The molecule has 0 spiro atoms. The van der Waals surface area contributed by atoms with E-state index in [1.807, 2.05) is 12.2 Å². The zero-order valence-corrected chi connectivity index (χ0v) is 67.7. The minimum atomic E-state index is -5.00. The number of phosphoric ester groups is 2. The second kappa shape index (κ2) is 77.1. The quantitative estimate of drug-likeness (QED) is 0.0169. The summed E-state index contributed by atoms with van der Waals surface area (Å²) in [5.74, 6) is -2.27. The van der Waals surface area contributed by atoms with Crippen LogP contribution in [0.1, 0.15) is 362 Å². The number of esters is 4. The standard InChI is InChI=1S/C85H150O17P2/c1-5-9-13-17-21-25-29-33-37-38-39-40-44-46-50-54-58-62-66-70-83(88)96-76-81(102-85(90)72-68-64-60-56-52-48-43-36-32-28-24-20-16-12-8-4)78-100-104(93,94)98-74-79(86)73-97-103(91,92)99-77-80(101-84(89)71-67-63-59-55-51-47-42-35-31-27-23-19-15-11-7-3)75-95-82(87)69-65-61-57-53-49-45-41-34-30-26-22-18-14-10-6-2/h21,25-26,30,33,35-37,39-40,42-43,46,50,58,62,79-81,86H,5-20,22-24,27-29,31-32,34,38,41,44-45,47-49,51-57,59-61,63-78H2,1-4H3,(H,91,92)(H,93,94)/b25-21-,30-26-,37-33-,40-39-,42-35-,43-36-,50-46-,62-58-/t79-,80+,81+/m0/s1. The maximum absolute atomic E-state index is 13.1. The van der Waals surface area contributed by atoms with Crippen LogP contribution >= 0.6 is 15.6 Å². The molecular weight excluding hydrogens is 1350 g/mol. The van der Waals surface area contributed by atoms with Gasteiger partial charge in [-0.15, -0.1) is 0 Å². The van der Waals surface area contributed by atoms with Gasteiger partial charge in [0.2, 0.25) is 0 Å². The summed E-state index contributed by atoms with van der Waals surface area (Å²) in [6.07, 6.45) is 82.5. The number of unbranched alkanes of at least 4 members (excludes halogenated alkanes) is 36. The average Bonchev–Trinajstić information content (AvgIpc) is 0.918. The van der Waals surface area contributed by atoms with Crippen LogP contribution < -0.4 is 0 Å². The number of hydrogen-bond acceptors (Lipinski definition) is 15. The van der Waals surface area contributed by atoms with Gasteiger partial charge in [0.05, 0.1) is 26.4 Å². The van der Waals surface area contributed by atoms with E-state index >= 15 is 0 Å². The molecule has 0 saturated heterocycles. The van der Waals surface area contributed by atoms with E-state index < -0.39 is 97.5 Å². The fourth-order valence-corrected chi connectivity index (χ4v) is 12.7. The Kier molecular flexibility index (Phi) is 74.2. The normalized spacial score (nSPS) is 14.3. The third-order valence-electron chi connectivity index (χ3n) is 17.5. The molecule has 17 nitrogen and oxygen atoms in total. The van der Waals surface area contributed by atoms with E-state index in [1.165, 1.54) is 135 Å². The van der Waals surface area contributed by atoms with Crippen molar-refractivity contribution < 1.29 is 80.2 Å². The van der Waals surface area contributed by atoms with Gasteiger partial charge in [-0.2, -0.15) is 0 Å². The van der Waals surface area contributed by atoms with Crippen molar-refractivity contribution in [2.45, 2.75) is 380 Å². The van der Waals surface area contributed by atoms with Crippen LogP contribution in [0.25, 0.3) is 0 Å². The Bertz CT molecular complexity index is 2350. The highest BCUT2D eigenvalue weighted by atomic mass is 31.2. The van der Waals surface area contributed by atoms with Gasteiger partial charge in [0.15, 0.2) is 12.2 Å². The Morgan fingerprint density at radius 1 is 0.269 bits per heavy atom. The molecule has 0 rings (SSSR count). The number of phosphoric acid groups is 2. The van der Waals surface area contributed by atoms with Gasteiger partial charge in [-0.1, -0.05) is 292 Å². The molecule has 0 bridgehead atoms. The summed E-state index contributed by atoms with van der Waals surface area (Å²) >= 11 is 0. The van der Waals surface area contributed by atoms with Gasteiger partial charge >= 0.3 is 39.5 Å². The molecule has 0 aliphatic rings. The number of allylic oxidation sites excluding steroid dienone is 16. The van der Waals surface area contributed by atoms with Crippen LogP contribution in [0.5, 0.6) is 0 Å². The van der Waals surface area contributed by atoms with Crippen LogP contribution in [0, 0.1) is 0 Å². The Hall–Kier alpha value is -4.02. The van der Waals surface area contributed by atoms with Crippen LogP contribution in [0.3, 0.4) is 0 Å². The molecule has 5 atom stereocenters. The number of carbonyl (C=O) groups is 4. The Labute approximate surface area is 633 Å². The molecule has 0 aromatic heterocycles. The summed E-state index contributed by atoms with van der Waals surface area (Å²) in [5.41, 5.74) is 0. The second-order valence-electron chi connectivity index (χ2n) is 27.7. The lowest BCUT2D eigenvalue weighted by Crippen LogP contribution is -2.30. The Balaban J connectivity index is 5.42. The lowest BCUT2D eigenvalue weighted by molar-refractivity contribution is -0.161. The molecule has 0 heterocycles. The van der Waals surface area contributed by atoms with Crippen LogP contribution in [0.4, 0.5) is 0 Å². The first kappa shape index (κ1) is 100.0. The second-order valence-corrected chi connectivity index (χ2v) is 30.6. The lowest BCUT2D eigenvalue weighted by atomic mass is 10.1. The summed E-state index contributed by atoms with van der Waals surface area (Å²) in [6.45, 7) is 4.77. The first-order valence-electron chi connectivity index (χ1n) is 41.5. The maximum Gasteiger partial charge on any atom is 0.472 e. The smallest absolute Gasteiger partial charge is 0.462 e. The van der Waals surface area contributed by atoms with Crippen molar-refractivity contribution in [3.8, 4) is 0 Å². The molecule has 0 amide bonds. The number of rotatable bonds is 78. The van der Waals surface area contributed by atoms with E-state index in [1.54, 1.807) is 0 Å². The van der Waals surface area contributed by atoms with Gasteiger partial charge in [-0.3, -0.25) is 37.3 Å². The van der Waals surface area contributed by atoms with Gasteiger partial charge in [-0.05, 0) is 141 Å². The van der Waals surface area contributed by atoms with Crippen LogP contribution in [0.15, 0.2) is 97.2 Å². The molecule has 602 valence electrons. The molecule has 0 aromatic carbocycles. The van der Waals surface area contributed by atoms with E-state index in [4.69, 9.17) is 37.0 Å². The zero-order valence-electron chi connectivity index (χ0n) is 65.9. The first-order valence-corrected chi connectivity index (χ1v) is 44.5. The van der Waals surface area contributed by atoms with Crippen molar-refractivity contribution in [3.05, 3.63) is 97.2 Å². The summed E-state index contributed by atoms with van der Waals surface area (Å²) in [4.78, 5) is 73.1. The number of aliphatic hydroxyl groups is 1. The Morgan fingerprint density at radius 2 is 0.490 bits per heavy atom. The zero-order chi connectivity index (χ0) is 76.0. The minimum Gasteiger partial charge on any atom is -0.462 e. The molecule has 3 N–H and O–H groups in total. The number of aliphatic hydroxyl groups excluding tert-OH is 1. The highest BCUT2D eigenvalue weighted by Gasteiger charge is 2.30. The van der Waals surface area contributed by atoms with Crippen molar-refractivity contribution in [3.63, 3.8) is 0 Å². The van der Waals surface area contributed by atoms with Crippen molar-refractivity contribution >= 4 is 39.5 Å². The minimum absolute atomic E-state index is 0.0369. The molecule has 104 heavy (non-hydrogen) atoms. The topological polar surface area (TPSA) is 237 Å². The van der Waals surface area contributed by atoms with E-state index in [0.29, 0.717) is 32.1 Å². The fourth-order valence-electron chi connectivity index (χ4n) is 11.1. The van der Waals surface area contributed by atoms with Crippen molar-refractivity contribution in [1.29, 1.82) is 0 Å². The molecule has 19 heteroatoms. The number of carbonyl (C=O) groups excluding carboxylic acids is 4. The fraction of sp³-hybridized carbons (Fsp3) is 0.765. The summed E-state index contributed by atoms with van der Waals surface area (Å²) < 4.78 is 68.6. The monoisotopic (exact) mass is 1510 g/mol. The van der Waals surface area contributed by atoms with Crippen molar-refractivity contribution in [2.75, 3.05) is 39.6 Å². The van der Waals surface area contributed by atoms with Gasteiger partial charge in [0.1, 0.15) is 19.3 Å². The highest BCUT2D eigenvalue weighted by molar-refractivity contribution is 7.47. The molecule has 0 fully saturated rings. The van der Waals surface area contributed by atoms with E-state index in [-0.39, 0.29) is 25.7 Å². The first-order chi connectivity index (χ1) is 50.7. The third-order valence-corrected chi connectivity index (χ3v) is 19.4. The van der Waals surface area contributed by atoms with Crippen molar-refractivity contribution in [1.82, 2.24) is 0 Å². The molecule has 2 unspecified atom stereocenters. The van der Waals surface area contributed by atoms with Gasteiger partial charge in [0.25, 0.3) is 0 Å². The SMILES string of the molecule is CCCCC/C=C\C/C=C\C/C=C\C/C=C\C/C=C\CCC(=O)OC[C@H](COP(=O)(O)OC[C@@H](O)COP(=O)(O)OC[C@@H](COC(=O)CCCCCCCCC/C=C\CCCCCC)OC(=O)CCCCCCC/C=C\CCCCCCCC)OC(=O)CCCCCCC/C=C\CCCCCCCC. The molecular formula is C85H150O17P2. The highest BCUT2D eigenvalue weighted by Crippen LogP contribution is 2.45. The average molecular weight is 1510 g/mol. The third kappa shape index (κ3) is 76.2. The largest absolute Gasteiger partial charge is 0.472 e. The van der Waals surface area contributed by atoms with Crippen LogP contribution in [0.2, 0.25) is 0 Å². The molecule has 0 aromatic rings. The van der Waals surface area contributed by atoms with E-state index in [9.17, 15) is 43.2 Å². The summed E-state index contributed by atoms with van der Waals surface area (Å²) in [7, 11) is -9.98. The van der Waals surface area contributed by atoms with E-state index in [0.717, 1.165) is 141 Å². The number of ether oxygens (including phenoxy) is 4. The van der Waals surface area contributed by atoms with Gasteiger partial charge < -0.3 is 33.8 Å². The molecule has 0 saturated carbocycles. The van der Waals surface area contributed by atoms with Crippen LogP contribution in [-0.4, -0.2) is 96.7 Å². The Morgan fingerprint density at radius 3 is 0.817 bits per heavy atom. The summed E-state index contributed by atoms with van der Waals surface area (Å²) in [6, 6.07) is 0. The maximum atomic E-state index is 13.1. The van der Waals surface area contributed by atoms with E-state index in [2.05, 4.69) is 113 Å². The predicted octanol–water partition coefficient (Wildman–Crippen LogP) is 24.3.